The van der Waals surface area contributed by atoms with Crippen molar-refractivity contribution in [3.05, 3.63) is 9.75 Å². The highest BCUT2D eigenvalue weighted by Gasteiger charge is 2.37. The Morgan fingerprint density at radius 3 is 1.67 bits per heavy atom. The molecule has 0 N–H and O–H groups in total. The molecule has 0 spiro atoms. The van der Waals surface area contributed by atoms with Crippen LogP contribution in [0.25, 0.3) is 0 Å². The molecule has 1 aliphatic heterocycles. The number of halogens is 2. The minimum atomic E-state index is -2.92. The molecule has 0 amide bonds. The quantitative estimate of drug-likeness (QED) is 0.797. The van der Waals surface area contributed by atoms with Gasteiger partial charge in [0.1, 0.15) is 0 Å². The maximum absolute atomic E-state index is 13.3. The summed E-state index contributed by atoms with van der Waals surface area (Å²) in [5.41, 5.74) is 0. The van der Waals surface area contributed by atoms with Gasteiger partial charge in [-0.3, -0.25) is 0 Å². The Labute approximate surface area is 110 Å². The largest absolute Gasteiger partial charge is 0.482 e. The molecule has 1 aromatic heterocycles. The van der Waals surface area contributed by atoms with E-state index in [0.717, 1.165) is 9.75 Å². The summed E-state index contributed by atoms with van der Waals surface area (Å²) >= 11 is 1.61. The van der Waals surface area contributed by atoms with Crippen molar-refractivity contribution in [3.8, 4) is 11.5 Å². The summed E-state index contributed by atoms with van der Waals surface area (Å²) in [5, 5.41) is 0. The van der Waals surface area contributed by atoms with Gasteiger partial charge in [-0.25, -0.2) is 0 Å². The van der Waals surface area contributed by atoms with Gasteiger partial charge in [-0.05, 0) is 11.8 Å². The molecule has 1 aliphatic rings. The zero-order valence-corrected chi connectivity index (χ0v) is 11.9. The van der Waals surface area contributed by atoms with Crippen molar-refractivity contribution in [2.75, 3.05) is 13.2 Å². The second kappa shape index (κ2) is 4.68. The summed E-state index contributed by atoms with van der Waals surface area (Å²) in [6, 6.07) is 0. The number of rotatable bonds is 2. The molecule has 1 aromatic rings. The molecular formula is C13H18F2O2S. The van der Waals surface area contributed by atoms with Gasteiger partial charge in [-0.15, -0.1) is 11.3 Å². The van der Waals surface area contributed by atoms with Crippen LogP contribution in [-0.4, -0.2) is 19.1 Å². The Hall–Kier alpha value is -0.840. The summed E-state index contributed by atoms with van der Waals surface area (Å²) < 4.78 is 37.3. The fourth-order valence-corrected chi connectivity index (χ4v) is 3.06. The lowest BCUT2D eigenvalue weighted by Crippen LogP contribution is -2.30. The smallest absolute Gasteiger partial charge is 0.314 e. The Balaban J connectivity index is 2.46. The summed E-state index contributed by atoms with van der Waals surface area (Å²) in [6.07, 6.45) is 0. The lowest BCUT2D eigenvalue weighted by atomic mass is 10.1. The van der Waals surface area contributed by atoms with E-state index >= 15 is 0 Å². The molecule has 2 nitrogen and oxygen atoms in total. The van der Waals surface area contributed by atoms with Crippen molar-refractivity contribution in [3.63, 3.8) is 0 Å². The summed E-state index contributed by atoms with van der Waals surface area (Å²) in [6.45, 7) is 6.92. The molecular weight excluding hydrogens is 258 g/mol. The molecule has 0 aliphatic carbocycles. The monoisotopic (exact) mass is 276 g/mol. The fraction of sp³-hybridized carbons (Fsp3) is 0.692. The van der Waals surface area contributed by atoms with E-state index in [0.29, 0.717) is 11.5 Å². The average molecular weight is 276 g/mol. The second-order valence-corrected chi connectivity index (χ2v) is 6.32. The standard InChI is InChI=1S/C13H18F2O2S/c1-7(2)11-9-10(12(18-11)8(3)4)17-6-13(14,15)5-16-9/h7-8H,5-6H2,1-4H3. The Morgan fingerprint density at radius 2 is 1.33 bits per heavy atom. The first-order valence-electron chi connectivity index (χ1n) is 6.12. The first kappa shape index (κ1) is 13.6. The minimum absolute atomic E-state index is 0.242. The van der Waals surface area contributed by atoms with Gasteiger partial charge < -0.3 is 9.47 Å². The maximum atomic E-state index is 13.3. The van der Waals surface area contributed by atoms with E-state index in [4.69, 9.17) is 9.47 Å². The third-order valence-corrected chi connectivity index (χ3v) is 4.53. The van der Waals surface area contributed by atoms with E-state index in [9.17, 15) is 8.78 Å². The van der Waals surface area contributed by atoms with Crippen molar-refractivity contribution in [1.29, 1.82) is 0 Å². The predicted molar refractivity (Wildman–Crippen MR) is 68.4 cm³/mol. The predicted octanol–water partition coefficient (Wildman–Crippen LogP) is 4.40. The topological polar surface area (TPSA) is 18.5 Å². The van der Waals surface area contributed by atoms with Crippen molar-refractivity contribution >= 4 is 11.3 Å². The second-order valence-electron chi connectivity index (χ2n) is 5.23. The van der Waals surface area contributed by atoms with E-state index in [-0.39, 0.29) is 11.8 Å². The Bertz CT molecular complexity index is 402. The summed E-state index contributed by atoms with van der Waals surface area (Å²) in [7, 11) is 0. The number of hydrogen-bond donors (Lipinski definition) is 0. The van der Waals surface area contributed by atoms with E-state index in [2.05, 4.69) is 0 Å². The van der Waals surface area contributed by atoms with Crippen LogP contribution in [0.15, 0.2) is 0 Å². The molecule has 0 radical (unpaired) electrons. The fourth-order valence-electron chi connectivity index (χ4n) is 1.87. The van der Waals surface area contributed by atoms with Crippen LogP contribution in [-0.2, 0) is 0 Å². The highest BCUT2D eigenvalue weighted by molar-refractivity contribution is 7.13. The van der Waals surface area contributed by atoms with Crippen LogP contribution in [0.3, 0.4) is 0 Å². The molecule has 2 heterocycles. The zero-order valence-electron chi connectivity index (χ0n) is 11.0. The molecule has 102 valence electrons. The molecule has 0 atom stereocenters. The molecule has 0 aromatic carbocycles. The van der Waals surface area contributed by atoms with Crippen LogP contribution in [0.4, 0.5) is 8.78 Å². The van der Waals surface area contributed by atoms with Gasteiger partial charge in [0.2, 0.25) is 0 Å². The van der Waals surface area contributed by atoms with Gasteiger partial charge in [0.15, 0.2) is 24.7 Å². The molecule has 0 saturated heterocycles. The zero-order chi connectivity index (χ0) is 13.5. The molecule has 2 rings (SSSR count). The van der Waals surface area contributed by atoms with Gasteiger partial charge in [0.05, 0.1) is 9.75 Å². The van der Waals surface area contributed by atoms with Crippen molar-refractivity contribution in [1.82, 2.24) is 0 Å². The summed E-state index contributed by atoms with van der Waals surface area (Å²) in [5.74, 6) is -1.39. The van der Waals surface area contributed by atoms with E-state index < -0.39 is 19.1 Å². The number of hydrogen-bond acceptors (Lipinski definition) is 3. The Kier molecular flexibility index (Phi) is 3.54. The van der Waals surface area contributed by atoms with Crippen LogP contribution in [0, 0.1) is 0 Å². The third kappa shape index (κ3) is 2.46. The van der Waals surface area contributed by atoms with E-state index in [1.807, 2.05) is 27.7 Å². The van der Waals surface area contributed by atoms with Crippen molar-refractivity contribution in [2.45, 2.75) is 45.5 Å². The lowest BCUT2D eigenvalue weighted by molar-refractivity contribution is -0.0624. The molecule has 0 unspecified atom stereocenters. The summed E-state index contributed by atoms with van der Waals surface area (Å²) in [4.78, 5) is 1.98. The normalized spacial score (nSPS) is 18.2. The third-order valence-electron chi connectivity index (χ3n) is 2.78. The first-order valence-corrected chi connectivity index (χ1v) is 6.93. The Morgan fingerprint density at radius 1 is 0.944 bits per heavy atom. The van der Waals surface area contributed by atoms with E-state index in [1.165, 1.54) is 0 Å². The number of ether oxygens (including phenoxy) is 2. The average Bonchev–Trinajstić information content (AvgIpc) is 2.55. The van der Waals surface area contributed by atoms with Gasteiger partial charge >= 0.3 is 5.92 Å². The van der Waals surface area contributed by atoms with Crippen molar-refractivity contribution in [2.24, 2.45) is 0 Å². The van der Waals surface area contributed by atoms with Gasteiger partial charge in [0, 0.05) is 0 Å². The lowest BCUT2D eigenvalue weighted by Gasteiger charge is -2.13. The van der Waals surface area contributed by atoms with Crippen molar-refractivity contribution < 1.29 is 18.3 Å². The molecule has 5 heteroatoms. The van der Waals surface area contributed by atoms with Gasteiger partial charge in [-0.2, -0.15) is 8.78 Å². The van der Waals surface area contributed by atoms with Gasteiger partial charge in [0.25, 0.3) is 0 Å². The first-order chi connectivity index (χ1) is 8.32. The molecule has 0 bridgehead atoms. The van der Waals surface area contributed by atoms with Gasteiger partial charge in [-0.1, -0.05) is 27.7 Å². The number of thiophene rings is 1. The maximum Gasteiger partial charge on any atom is 0.314 e. The number of alkyl halides is 2. The van der Waals surface area contributed by atoms with Crippen LogP contribution in [0.1, 0.15) is 49.3 Å². The van der Waals surface area contributed by atoms with Crippen LogP contribution in [0.2, 0.25) is 0 Å². The molecule has 18 heavy (non-hydrogen) atoms. The molecule has 0 saturated carbocycles. The van der Waals surface area contributed by atoms with Crippen LogP contribution in [0.5, 0.6) is 11.5 Å². The van der Waals surface area contributed by atoms with E-state index in [1.54, 1.807) is 11.3 Å². The molecule has 0 fully saturated rings. The van der Waals surface area contributed by atoms with Crippen LogP contribution < -0.4 is 9.47 Å². The number of fused-ring (bicyclic) bond motifs is 1. The SMILES string of the molecule is CC(C)c1sc(C(C)C)c2c1OCC(F)(F)CO2. The highest BCUT2D eigenvalue weighted by Crippen LogP contribution is 2.50. The minimum Gasteiger partial charge on any atom is -0.482 e. The highest BCUT2D eigenvalue weighted by atomic mass is 32.1. The van der Waals surface area contributed by atoms with Crippen LogP contribution >= 0.6 is 11.3 Å².